The molecule has 34 heavy (non-hydrogen) atoms. The lowest BCUT2D eigenvalue weighted by Gasteiger charge is -2.25. The number of ether oxygens (including phenoxy) is 1. The maximum absolute atomic E-state index is 12.7. The highest BCUT2D eigenvalue weighted by Gasteiger charge is 2.23. The van der Waals surface area contributed by atoms with Crippen LogP contribution in [-0.4, -0.2) is 44.9 Å². The van der Waals surface area contributed by atoms with E-state index >= 15 is 0 Å². The lowest BCUT2D eigenvalue weighted by Crippen LogP contribution is -2.28. The second-order valence-corrected chi connectivity index (χ2v) is 8.42. The third-order valence-electron chi connectivity index (χ3n) is 6.20. The molecular formula is C25H28N6O3. The molecule has 9 heteroatoms. The van der Waals surface area contributed by atoms with Crippen LogP contribution in [0.4, 0.5) is 5.69 Å². The van der Waals surface area contributed by atoms with Gasteiger partial charge >= 0.3 is 0 Å². The molecule has 0 atom stereocenters. The van der Waals surface area contributed by atoms with Crippen molar-refractivity contribution in [3.63, 3.8) is 0 Å². The SMILES string of the molecule is CCn1ncc2c(NC3CCOCC3)c(-c3nc(C(=O)NCc4ccccc4C)co3)cnc21. The number of nitrogens with one attached hydrogen (secondary N) is 2. The van der Waals surface area contributed by atoms with E-state index in [4.69, 9.17) is 9.15 Å². The molecule has 176 valence electrons. The van der Waals surface area contributed by atoms with E-state index in [0.717, 1.165) is 60.4 Å². The maximum Gasteiger partial charge on any atom is 0.273 e. The number of nitrogens with zero attached hydrogens (tertiary/aromatic N) is 4. The number of anilines is 1. The summed E-state index contributed by atoms with van der Waals surface area (Å²) in [6, 6.07) is 8.21. The second kappa shape index (κ2) is 9.64. The van der Waals surface area contributed by atoms with Gasteiger partial charge in [-0.1, -0.05) is 24.3 Å². The molecule has 1 aliphatic heterocycles. The highest BCUT2D eigenvalue weighted by atomic mass is 16.5. The number of oxazole rings is 1. The lowest BCUT2D eigenvalue weighted by molar-refractivity contribution is 0.0904. The number of rotatable bonds is 7. The van der Waals surface area contributed by atoms with E-state index in [1.165, 1.54) is 6.26 Å². The molecule has 1 saturated heterocycles. The number of aryl methyl sites for hydroxylation is 2. The standard InChI is InChI=1S/C25H28N6O3/c1-3-31-23-19(14-28-31)22(29-18-8-10-33-11-9-18)20(13-26-23)25-30-21(15-34-25)24(32)27-12-17-7-5-4-6-16(17)2/h4-7,13-15,18H,3,8-12H2,1-2H3,(H,26,29)(H,27,32). The van der Waals surface area contributed by atoms with E-state index in [9.17, 15) is 4.79 Å². The van der Waals surface area contributed by atoms with E-state index in [2.05, 4.69) is 25.7 Å². The van der Waals surface area contributed by atoms with Crippen LogP contribution in [-0.2, 0) is 17.8 Å². The topological polar surface area (TPSA) is 107 Å². The minimum atomic E-state index is -0.287. The van der Waals surface area contributed by atoms with Gasteiger partial charge in [-0.25, -0.2) is 14.6 Å². The van der Waals surface area contributed by atoms with Crippen molar-refractivity contribution in [1.29, 1.82) is 0 Å². The number of benzene rings is 1. The molecule has 4 aromatic rings. The Bertz CT molecular complexity index is 1310. The van der Waals surface area contributed by atoms with Gasteiger partial charge in [-0.3, -0.25) is 4.79 Å². The zero-order valence-electron chi connectivity index (χ0n) is 19.4. The summed E-state index contributed by atoms with van der Waals surface area (Å²) in [6.07, 6.45) is 6.75. The van der Waals surface area contributed by atoms with Gasteiger partial charge in [0.1, 0.15) is 6.26 Å². The second-order valence-electron chi connectivity index (χ2n) is 8.42. The maximum atomic E-state index is 12.7. The van der Waals surface area contributed by atoms with Crippen molar-refractivity contribution in [3.8, 4) is 11.5 Å². The number of pyridine rings is 1. The molecule has 5 rings (SSSR count). The Hall–Kier alpha value is -3.72. The number of fused-ring (bicyclic) bond motifs is 1. The van der Waals surface area contributed by atoms with E-state index < -0.39 is 0 Å². The Morgan fingerprint density at radius 2 is 2.03 bits per heavy atom. The van der Waals surface area contributed by atoms with E-state index in [-0.39, 0.29) is 17.6 Å². The lowest BCUT2D eigenvalue weighted by atomic mass is 10.1. The first-order valence-electron chi connectivity index (χ1n) is 11.6. The highest BCUT2D eigenvalue weighted by molar-refractivity contribution is 5.97. The van der Waals surface area contributed by atoms with Crippen LogP contribution in [0.1, 0.15) is 41.4 Å². The average Bonchev–Trinajstić information content (AvgIpc) is 3.52. The molecule has 1 aromatic carbocycles. The van der Waals surface area contributed by atoms with Gasteiger partial charge in [0.25, 0.3) is 5.91 Å². The van der Waals surface area contributed by atoms with Gasteiger partial charge in [-0.2, -0.15) is 5.10 Å². The smallest absolute Gasteiger partial charge is 0.273 e. The monoisotopic (exact) mass is 460 g/mol. The summed E-state index contributed by atoms with van der Waals surface area (Å²) < 4.78 is 13.1. The van der Waals surface area contributed by atoms with Crippen LogP contribution in [0.2, 0.25) is 0 Å². The van der Waals surface area contributed by atoms with Gasteiger partial charge in [0.05, 0.1) is 22.8 Å². The first-order chi connectivity index (χ1) is 16.6. The normalized spacial score (nSPS) is 14.4. The molecule has 2 N–H and O–H groups in total. The number of hydrogen-bond donors (Lipinski definition) is 2. The zero-order valence-corrected chi connectivity index (χ0v) is 19.4. The first-order valence-corrected chi connectivity index (χ1v) is 11.6. The summed E-state index contributed by atoms with van der Waals surface area (Å²) in [4.78, 5) is 21.8. The van der Waals surface area contributed by atoms with E-state index in [1.807, 2.05) is 49.0 Å². The van der Waals surface area contributed by atoms with Crippen molar-refractivity contribution in [2.45, 2.75) is 45.8 Å². The number of hydrogen-bond acceptors (Lipinski definition) is 7. The van der Waals surface area contributed by atoms with Crippen LogP contribution < -0.4 is 10.6 Å². The number of carbonyl (C=O) groups is 1. The fraction of sp³-hybridized carbons (Fsp3) is 0.360. The van der Waals surface area contributed by atoms with Gasteiger partial charge in [-0.05, 0) is 37.8 Å². The fourth-order valence-electron chi connectivity index (χ4n) is 4.20. The molecule has 1 aliphatic rings. The van der Waals surface area contributed by atoms with Gasteiger partial charge in [0.15, 0.2) is 11.3 Å². The van der Waals surface area contributed by atoms with Crippen molar-refractivity contribution >= 4 is 22.6 Å². The van der Waals surface area contributed by atoms with Crippen molar-refractivity contribution in [1.82, 2.24) is 25.1 Å². The van der Waals surface area contributed by atoms with Crippen LogP contribution in [0.15, 0.2) is 47.3 Å². The molecule has 0 spiro atoms. The average molecular weight is 461 g/mol. The Kier molecular flexibility index (Phi) is 6.27. The largest absolute Gasteiger partial charge is 0.443 e. The van der Waals surface area contributed by atoms with Crippen LogP contribution in [0.5, 0.6) is 0 Å². The molecule has 9 nitrogen and oxygen atoms in total. The van der Waals surface area contributed by atoms with Crippen molar-refractivity contribution in [3.05, 3.63) is 59.7 Å². The van der Waals surface area contributed by atoms with Crippen LogP contribution >= 0.6 is 0 Å². The molecule has 0 bridgehead atoms. The van der Waals surface area contributed by atoms with Crippen LogP contribution in [0.25, 0.3) is 22.5 Å². The van der Waals surface area contributed by atoms with Crippen LogP contribution in [0, 0.1) is 6.92 Å². The molecule has 0 aliphatic carbocycles. The van der Waals surface area contributed by atoms with Gasteiger partial charge in [0.2, 0.25) is 5.89 Å². The summed E-state index contributed by atoms with van der Waals surface area (Å²) in [5.41, 5.74) is 4.77. The number of aromatic nitrogens is 4. The third-order valence-corrected chi connectivity index (χ3v) is 6.20. The summed E-state index contributed by atoms with van der Waals surface area (Å²) in [5, 5.41) is 11.9. The Morgan fingerprint density at radius 1 is 1.21 bits per heavy atom. The van der Waals surface area contributed by atoms with E-state index in [1.54, 1.807) is 6.20 Å². The first kappa shape index (κ1) is 22.1. The fourth-order valence-corrected chi connectivity index (χ4v) is 4.20. The van der Waals surface area contributed by atoms with Crippen molar-refractivity contribution in [2.24, 2.45) is 0 Å². The Labute approximate surface area is 197 Å². The summed E-state index contributed by atoms with van der Waals surface area (Å²) in [6.45, 7) is 6.64. The number of amides is 1. The third kappa shape index (κ3) is 4.38. The highest BCUT2D eigenvalue weighted by Crippen LogP contribution is 2.34. The number of carbonyl (C=O) groups excluding carboxylic acids is 1. The Morgan fingerprint density at radius 3 is 2.82 bits per heavy atom. The Balaban J connectivity index is 1.43. The summed E-state index contributed by atoms with van der Waals surface area (Å²) in [7, 11) is 0. The minimum Gasteiger partial charge on any atom is -0.443 e. The minimum absolute atomic E-state index is 0.227. The predicted octanol–water partition coefficient (Wildman–Crippen LogP) is 3.94. The van der Waals surface area contributed by atoms with Gasteiger partial charge in [0, 0.05) is 38.5 Å². The van der Waals surface area contributed by atoms with Crippen LogP contribution in [0.3, 0.4) is 0 Å². The van der Waals surface area contributed by atoms with Gasteiger partial charge in [-0.15, -0.1) is 0 Å². The summed E-state index contributed by atoms with van der Waals surface area (Å²) in [5.74, 6) is 0.0549. The molecule has 0 saturated carbocycles. The molecule has 0 radical (unpaired) electrons. The molecule has 0 unspecified atom stereocenters. The van der Waals surface area contributed by atoms with Crippen molar-refractivity contribution < 1.29 is 13.9 Å². The molecular weight excluding hydrogens is 432 g/mol. The quantitative estimate of drug-likeness (QED) is 0.430. The molecule has 4 heterocycles. The van der Waals surface area contributed by atoms with Gasteiger partial charge < -0.3 is 19.8 Å². The molecule has 1 amide bonds. The van der Waals surface area contributed by atoms with E-state index in [0.29, 0.717) is 18.0 Å². The zero-order chi connectivity index (χ0) is 23.5. The molecule has 1 fully saturated rings. The predicted molar refractivity (Wildman–Crippen MR) is 129 cm³/mol. The molecule has 3 aromatic heterocycles. The summed E-state index contributed by atoms with van der Waals surface area (Å²) >= 11 is 0. The van der Waals surface area contributed by atoms with Crippen molar-refractivity contribution in [2.75, 3.05) is 18.5 Å².